The van der Waals surface area contributed by atoms with Crippen LogP contribution in [0.2, 0.25) is 0 Å². The third kappa shape index (κ3) is 4.95. The zero-order valence-corrected chi connectivity index (χ0v) is 18.8. The first-order valence-electron chi connectivity index (χ1n) is 10.4. The largest absolute Gasteiger partial charge is 0.459 e. The lowest BCUT2D eigenvalue weighted by molar-refractivity contribution is -0.0582. The van der Waals surface area contributed by atoms with Crippen LogP contribution < -0.4 is 11.2 Å². The van der Waals surface area contributed by atoms with E-state index >= 15 is 0 Å². The van der Waals surface area contributed by atoms with E-state index in [1.54, 1.807) is 60.7 Å². The van der Waals surface area contributed by atoms with Crippen LogP contribution in [0.25, 0.3) is 0 Å². The van der Waals surface area contributed by atoms with Gasteiger partial charge in [0.1, 0.15) is 18.1 Å². The van der Waals surface area contributed by atoms with Crippen molar-refractivity contribution >= 4 is 23.5 Å². The van der Waals surface area contributed by atoms with Gasteiger partial charge in [-0.3, -0.25) is 14.3 Å². The number of halogens is 1. The first kappa shape index (κ1) is 23.5. The van der Waals surface area contributed by atoms with Crippen molar-refractivity contribution in [2.75, 3.05) is 6.61 Å². The molecule has 0 aliphatic carbocycles. The van der Waals surface area contributed by atoms with E-state index < -0.39 is 47.0 Å². The molecule has 1 N–H and O–H groups in total. The number of hydrogen-bond acceptors (Lipinski definition) is 7. The van der Waals surface area contributed by atoms with Gasteiger partial charge < -0.3 is 14.2 Å². The van der Waals surface area contributed by atoms with E-state index in [0.29, 0.717) is 11.1 Å². The number of esters is 2. The highest BCUT2D eigenvalue weighted by atomic mass is 35.5. The molecular formula is C24H21ClN2O7. The van der Waals surface area contributed by atoms with Gasteiger partial charge in [-0.15, -0.1) is 11.6 Å². The maximum Gasteiger partial charge on any atom is 0.338 e. The second-order valence-corrected chi connectivity index (χ2v) is 8.19. The summed E-state index contributed by atoms with van der Waals surface area (Å²) in [5.41, 5.74) is -0.368. The Morgan fingerprint density at radius 1 is 1.00 bits per heavy atom. The van der Waals surface area contributed by atoms with E-state index in [4.69, 9.17) is 25.8 Å². The van der Waals surface area contributed by atoms with Gasteiger partial charge in [0.2, 0.25) is 0 Å². The molecule has 0 amide bonds. The normalized spacial score (nSPS) is 21.7. The van der Waals surface area contributed by atoms with Gasteiger partial charge in [-0.05, 0) is 31.2 Å². The summed E-state index contributed by atoms with van der Waals surface area (Å²) >= 11 is 6.61. The quantitative estimate of drug-likeness (QED) is 0.422. The molecule has 4 atom stereocenters. The van der Waals surface area contributed by atoms with Crippen molar-refractivity contribution in [3.63, 3.8) is 0 Å². The molecule has 2 heterocycles. The summed E-state index contributed by atoms with van der Waals surface area (Å²) in [5, 5.41) is -1.02. The summed E-state index contributed by atoms with van der Waals surface area (Å²) in [6.07, 6.45) is -1.79. The first-order valence-corrected chi connectivity index (χ1v) is 10.9. The van der Waals surface area contributed by atoms with Crippen LogP contribution >= 0.6 is 11.6 Å². The van der Waals surface area contributed by atoms with Crippen molar-refractivity contribution in [3.8, 4) is 0 Å². The lowest BCUT2D eigenvalue weighted by Crippen LogP contribution is -2.38. The Morgan fingerprint density at radius 3 is 2.21 bits per heavy atom. The third-order valence-corrected chi connectivity index (χ3v) is 5.79. The zero-order chi connectivity index (χ0) is 24.2. The van der Waals surface area contributed by atoms with E-state index in [1.165, 1.54) is 13.1 Å². The Labute approximate surface area is 198 Å². The number of alkyl halides is 1. The lowest BCUT2D eigenvalue weighted by atomic mass is 10.1. The highest BCUT2D eigenvalue weighted by Crippen LogP contribution is 2.35. The number of carbonyl (C=O) groups is 2. The molecule has 176 valence electrons. The van der Waals surface area contributed by atoms with E-state index in [-0.39, 0.29) is 12.2 Å². The molecule has 0 radical (unpaired) electrons. The second-order valence-electron chi connectivity index (χ2n) is 7.69. The summed E-state index contributed by atoms with van der Waals surface area (Å²) in [5.74, 6) is -1.24. The number of aromatic nitrogens is 2. The molecule has 34 heavy (non-hydrogen) atoms. The van der Waals surface area contributed by atoms with Crippen molar-refractivity contribution in [3.05, 3.63) is 104 Å². The van der Waals surface area contributed by atoms with Gasteiger partial charge in [-0.2, -0.15) is 0 Å². The Bertz CT molecular complexity index is 1290. The Morgan fingerprint density at radius 2 is 1.59 bits per heavy atom. The predicted molar refractivity (Wildman–Crippen MR) is 122 cm³/mol. The standard InChI is InChI=1S/C24H21ClN2O7/c1-14-12-27(24(31)26-20(14)28)21-18(25)19(34-23(30)16-10-6-3-7-11-16)17(33-21)13-32-22(29)15-8-4-2-5-9-15/h2-12,17-19,21H,13H2,1H3,(H,26,28,31)/t17-,18-,19-,21?/m0/s1. The minimum Gasteiger partial charge on any atom is -0.459 e. The molecule has 1 saturated heterocycles. The van der Waals surface area contributed by atoms with Crippen LogP contribution in [0.5, 0.6) is 0 Å². The average molecular weight is 485 g/mol. The molecule has 0 spiro atoms. The predicted octanol–water partition coefficient (Wildman–Crippen LogP) is 2.43. The number of nitrogens with one attached hydrogen (secondary N) is 1. The molecule has 0 saturated carbocycles. The fourth-order valence-electron chi connectivity index (χ4n) is 3.55. The summed E-state index contributed by atoms with van der Waals surface area (Å²) < 4.78 is 18.1. The average Bonchev–Trinajstić information content (AvgIpc) is 3.15. The number of carbonyl (C=O) groups excluding carboxylic acids is 2. The van der Waals surface area contributed by atoms with E-state index in [1.807, 2.05) is 0 Å². The molecule has 10 heteroatoms. The number of nitrogens with zero attached hydrogens (tertiary/aromatic N) is 1. The van der Waals surface area contributed by atoms with Gasteiger partial charge in [0, 0.05) is 11.8 Å². The Kier molecular flexibility index (Phi) is 6.95. The van der Waals surface area contributed by atoms with Crippen molar-refractivity contribution in [2.45, 2.75) is 30.7 Å². The van der Waals surface area contributed by atoms with Crippen LogP contribution in [0.3, 0.4) is 0 Å². The molecule has 1 aliphatic heterocycles. The molecule has 0 bridgehead atoms. The molecule has 1 unspecified atom stereocenters. The van der Waals surface area contributed by atoms with Crippen LogP contribution in [0.1, 0.15) is 32.5 Å². The molecule has 2 aromatic carbocycles. The molecule has 4 rings (SSSR count). The van der Waals surface area contributed by atoms with Gasteiger partial charge in [0.25, 0.3) is 5.56 Å². The second kappa shape index (κ2) is 10.1. The molecule has 1 aromatic heterocycles. The molecule has 3 aromatic rings. The van der Waals surface area contributed by atoms with Crippen LogP contribution in [0.4, 0.5) is 0 Å². The number of aryl methyl sites for hydroxylation is 1. The SMILES string of the molecule is Cc1cn(C2O[C@@H](COC(=O)c3ccccc3)[C@H](OC(=O)c3ccccc3)[C@@H]2Cl)c(=O)[nH]c1=O. The number of ether oxygens (including phenoxy) is 3. The smallest absolute Gasteiger partial charge is 0.338 e. The maximum atomic E-state index is 12.7. The van der Waals surface area contributed by atoms with Crippen molar-refractivity contribution in [1.29, 1.82) is 0 Å². The number of rotatable bonds is 6. The van der Waals surface area contributed by atoms with Gasteiger partial charge in [0.15, 0.2) is 12.3 Å². The summed E-state index contributed by atoms with van der Waals surface area (Å²) in [7, 11) is 0. The van der Waals surface area contributed by atoms with Crippen LogP contribution in [-0.4, -0.2) is 45.7 Å². The number of hydrogen-bond donors (Lipinski definition) is 1. The Balaban J connectivity index is 1.59. The minimum absolute atomic E-state index is 0.267. The van der Waals surface area contributed by atoms with Crippen LogP contribution in [-0.2, 0) is 14.2 Å². The fourth-order valence-corrected chi connectivity index (χ4v) is 3.94. The van der Waals surface area contributed by atoms with E-state index in [9.17, 15) is 19.2 Å². The number of aromatic amines is 1. The van der Waals surface area contributed by atoms with Crippen molar-refractivity contribution in [1.82, 2.24) is 9.55 Å². The van der Waals surface area contributed by atoms with Gasteiger partial charge in [-0.1, -0.05) is 36.4 Å². The number of benzene rings is 2. The minimum atomic E-state index is -1.08. The van der Waals surface area contributed by atoms with Gasteiger partial charge in [0.05, 0.1) is 11.1 Å². The summed E-state index contributed by atoms with van der Waals surface area (Å²) in [4.78, 5) is 51.5. The van der Waals surface area contributed by atoms with Crippen molar-refractivity contribution < 1.29 is 23.8 Å². The molecular weight excluding hydrogens is 464 g/mol. The number of H-pyrrole nitrogens is 1. The van der Waals surface area contributed by atoms with Gasteiger partial charge in [-0.25, -0.2) is 14.4 Å². The van der Waals surface area contributed by atoms with Crippen molar-refractivity contribution in [2.24, 2.45) is 0 Å². The Hall–Kier alpha value is -3.69. The lowest BCUT2D eigenvalue weighted by Gasteiger charge is -2.20. The van der Waals surface area contributed by atoms with Crippen LogP contribution in [0, 0.1) is 6.92 Å². The first-order chi connectivity index (χ1) is 16.3. The monoisotopic (exact) mass is 484 g/mol. The molecule has 9 nitrogen and oxygen atoms in total. The van der Waals surface area contributed by atoms with Gasteiger partial charge >= 0.3 is 17.6 Å². The third-order valence-electron chi connectivity index (χ3n) is 5.33. The van der Waals surface area contributed by atoms with E-state index in [0.717, 1.165) is 4.57 Å². The van der Waals surface area contributed by atoms with Crippen LogP contribution in [0.15, 0.2) is 76.4 Å². The molecule has 1 fully saturated rings. The topological polar surface area (TPSA) is 117 Å². The van der Waals surface area contributed by atoms with E-state index in [2.05, 4.69) is 4.98 Å². The maximum absolute atomic E-state index is 12.7. The summed E-state index contributed by atoms with van der Waals surface area (Å²) in [6.45, 7) is 1.25. The molecule has 1 aliphatic rings. The summed E-state index contributed by atoms with van der Waals surface area (Å²) in [6, 6.07) is 16.6. The fraction of sp³-hybridized carbons (Fsp3) is 0.250. The highest BCUT2D eigenvalue weighted by molar-refractivity contribution is 6.21. The zero-order valence-electron chi connectivity index (χ0n) is 18.1. The highest BCUT2D eigenvalue weighted by Gasteiger charge is 2.48.